The second-order valence-corrected chi connectivity index (χ2v) is 8.41. The van der Waals surface area contributed by atoms with Gasteiger partial charge >= 0.3 is 5.76 Å². The number of hydrogen-bond acceptors (Lipinski definition) is 4. The van der Waals surface area contributed by atoms with Gasteiger partial charge in [0.2, 0.25) is 10.0 Å². The van der Waals surface area contributed by atoms with E-state index in [1.807, 2.05) is 12.1 Å². The number of benzene rings is 2. The van der Waals surface area contributed by atoms with E-state index in [4.69, 9.17) is 4.42 Å². The number of rotatable bonds is 4. The summed E-state index contributed by atoms with van der Waals surface area (Å²) in [4.78, 5) is 12.9. The van der Waals surface area contributed by atoms with Crippen molar-refractivity contribution in [1.82, 2.24) is 8.87 Å². The molecule has 0 unspecified atom stereocenters. The van der Waals surface area contributed by atoms with Gasteiger partial charge in [-0.05, 0) is 24.3 Å². The molecular weight excluding hydrogens is 373 g/mol. The van der Waals surface area contributed by atoms with Crippen molar-refractivity contribution in [2.75, 3.05) is 26.2 Å². The van der Waals surface area contributed by atoms with Gasteiger partial charge in [-0.15, -0.1) is 0 Å². The summed E-state index contributed by atoms with van der Waals surface area (Å²) >= 11 is 0. The van der Waals surface area contributed by atoms with Crippen LogP contribution in [0.1, 0.15) is 0 Å². The average molecular weight is 392 g/mol. The zero-order valence-corrected chi connectivity index (χ0v) is 15.3. The topological polar surface area (TPSA) is 77.0 Å². The fraction of sp³-hybridized carbons (Fsp3) is 0.278. The first-order valence-corrected chi connectivity index (χ1v) is 10.1. The maximum atomic E-state index is 13.9. The normalized spacial score (nSPS) is 16.8. The average Bonchev–Trinajstić information content (AvgIpc) is 2.98. The van der Waals surface area contributed by atoms with Gasteiger partial charge in [0.05, 0.1) is 31.7 Å². The van der Waals surface area contributed by atoms with Crippen LogP contribution in [0, 0.1) is 5.82 Å². The zero-order chi connectivity index (χ0) is 19.0. The molecule has 1 fully saturated rings. The summed E-state index contributed by atoms with van der Waals surface area (Å²) < 4.78 is 47.3. The Kier molecular flexibility index (Phi) is 4.58. The molecule has 1 saturated heterocycles. The van der Waals surface area contributed by atoms with E-state index in [1.165, 1.54) is 22.5 Å². The summed E-state index contributed by atoms with van der Waals surface area (Å²) in [7, 11) is -3.86. The van der Waals surface area contributed by atoms with Crippen LogP contribution < -0.4 is 10.7 Å². The summed E-state index contributed by atoms with van der Waals surface area (Å²) in [5.74, 6) is -1.17. The molecule has 2 aromatic carbocycles. The van der Waals surface area contributed by atoms with Gasteiger partial charge < -0.3 is 9.32 Å². The van der Waals surface area contributed by atoms with Gasteiger partial charge in [0.25, 0.3) is 0 Å². The number of piperazine rings is 1. The molecule has 0 spiro atoms. The quantitative estimate of drug-likeness (QED) is 0.692. The van der Waals surface area contributed by atoms with Crippen LogP contribution in [0.25, 0.3) is 11.1 Å². The predicted molar refractivity (Wildman–Crippen MR) is 96.3 cm³/mol. The molecular formula is C18H19FN3O4S+. The maximum absolute atomic E-state index is 13.9. The van der Waals surface area contributed by atoms with Crippen LogP contribution >= 0.6 is 0 Å². The smallest absolute Gasteiger partial charge is 0.408 e. The van der Waals surface area contributed by atoms with E-state index >= 15 is 0 Å². The molecule has 9 heteroatoms. The molecule has 0 bridgehead atoms. The van der Waals surface area contributed by atoms with Crippen molar-refractivity contribution in [1.29, 1.82) is 0 Å². The second kappa shape index (κ2) is 6.91. The SMILES string of the molecule is O=c1oc2ccccc2n1C[NH+]1CCN(S(=O)(=O)c2ccccc2F)CC1. The van der Waals surface area contributed by atoms with Crippen molar-refractivity contribution >= 4 is 21.1 Å². The molecule has 1 aliphatic rings. The predicted octanol–water partition coefficient (Wildman–Crippen LogP) is 0.280. The van der Waals surface area contributed by atoms with Crippen molar-refractivity contribution in [3.8, 4) is 0 Å². The Bertz CT molecular complexity index is 1130. The summed E-state index contributed by atoms with van der Waals surface area (Å²) in [6.07, 6.45) is 0. The van der Waals surface area contributed by atoms with Gasteiger partial charge in [0.15, 0.2) is 12.3 Å². The minimum absolute atomic E-state index is 0.260. The molecule has 1 aliphatic heterocycles. The Hall–Kier alpha value is -2.49. The first-order chi connectivity index (χ1) is 13.0. The second-order valence-electron chi connectivity index (χ2n) is 6.51. The third-order valence-electron chi connectivity index (χ3n) is 4.84. The van der Waals surface area contributed by atoms with Crippen LogP contribution in [0.3, 0.4) is 0 Å². The van der Waals surface area contributed by atoms with E-state index in [2.05, 4.69) is 0 Å². The molecule has 7 nitrogen and oxygen atoms in total. The number of oxazole rings is 1. The van der Waals surface area contributed by atoms with Crippen LogP contribution in [-0.4, -0.2) is 43.5 Å². The molecule has 0 radical (unpaired) electrons. The van der Waals surface area contributed by atoms with Gasteiger partial charge in [-0.25, -0.2) is 22.2 Å². The molecule has 2 heterocycles. The number of nitrogens with zero attached hydrogens (tertiary/aromatic N) is 2. The highest BCUT2D eigenvalue weighted by Gasteiger charge is 2.32. The van der Waals surface area contributed by atoms with Gasteiger partial charge in [-0.1, -0.05) is 24.3 Å². The highest BCUT2D eigenvalue weighted by Crippen LogP contribution is 2.18. The maximum Gasteiger partial charge on any atom is 0.424 e. The lowest BCUT2D eigenvalue weighted by molar-refractivity contribution is -0.926. The third kappa shape index (κ3) is 3.29. The largest absolute Gasteiger partial charge is 0.424 e. The molecule has 27 heavy (non-hydrogen) atoms. The molecule has 142 valence electrons. The van der Waals surface area contributed by atoms with E-state index in [9.17, 15) is 17.6 Å². The van der Waals surface area contributed by atoms with Gasteiger partial charge in [-0.2, -0.15) is 4.31 Å². The molecule has 0 aliphatic carbocycles. The number of para-hydroxylation sites is 2. The summed E-state index contributed by atoms with van der Waals surface area (Å²) in [6, 6.07) is 12.6. The van der Waals surface area contributed by atoms with E-state index in [-0.39, 0.29) is 18.0 Å². The number of quaternary nitrogens is 1. The number of hydrogen-bond donors (Lipinski definition) is 1. The summed E-state index contributed by atoms with van der Waals surface area (Å²) in [5, 5.41) is 0. The molecule has 1 N–H and O–H groups in total. The van der Waals surface area contributed by atoms with E-state index < -0.39 is 21.6 Å². The van der Waals surface area contributed by atoms with Crippen LogP contribution in [0.2, 0.25) is 0 Å². The molecule has 0 amide bonds. The fourth-order valence-corrected chi connectivity index (χ4v) is 4.89. The van der Waals surface area contributed by atoms with Crippen LogP contribution in [0.4, 0.5) is 4.39 Å². The van der Waals surface area contributed by atoms with Gasteiger partial charge in [-0.3, -0.25) is 0 Å². The van der Waals surface area contributed by atoms with Gasteiger partial charge in [0.1, 0.15) is 10.7 Å². The molecule has 0 atom stereocenters. The lowest BCUT2D eigenvalue weighted by Crippen LogP contribution is -3.14. The Labute approximate surface area is 155 Å². The fourth-order valence-electron chi connectivity index (χ4n) is 3.38. The Balaban J connectivity index is 1.49. The molecule has 3 aromatic rings. The van der Waals surface area contributed by atoms with Crippen molar-refractivity contribution in [3.05, 3.63) is 64.9 Å². The number of aromatic nitrogens is 1. The third-order valence-corrected chi connectivity index (χ3v) is 6.77. The first-order valence-electron chi connectivity index (χ1n) is 8.63. The van der Waals surface area contributed by atoms with Crippen LogP contribution in [0.5, 0.6) is 0 Å². The minimum atomic E-state index is -3.86. The van der Waals surface area contributed by atoms with Crippen LogP contribution in [0.15, 0.2) is 62.6 Å². The highest BCUT2D eigenvalue weighted by atomic mass is 32.2. The Morgan fingerprint density at radius 2 is 1.70 bits per heavy atom. The van der Waals surface area contributed by atoms with Crippen molar-refractivity contribution in [3.63, 3.8) is 0 Å². The van der Waals surface area contributed by atoms with E-state index in [1.54, 1.807) is 16.7 Å². The van der Waals surface area contributed by atoms with Crippen molar-refractivity contribution in [2.45, 2.75) is 11.6 Å². The lowest BCUT2D eigenvalue weighted by Gasteiger charge is -2.31. The first kappa shape index (κ1) is 17.9. The standard InChI is InChI=1S/C18H18FN3O4S/c19-14-5-1-4-8-17(14)27(24,25)21-11-9-20(10-12-21)13-22-15-6-2-3-7-16(15)26-18(22)23/h1-8H,9-13H2/p+1. The van der Waals surface area contributed by atoms with Crippen molar-refractivity contribution in [2.24, 2.45) is 0 Å². The molecule has 4 rings (SSSR count). The van der Waals surface area contributed by atoms with Gasteiger partial charge in [0, 0.05) is 0 Å². The monoisotopic (exact) mass is 392 g/mol. The zero-order valence-electron chi connectivity index (χ0n) is 14.5. The molecule has 1 aromatic heterocycles. The highest BCUT2D eigenvalue weighted by molar-refractivity contribution is 7.89. The van der Waals surface area contributed by atoms with E-state index in [0.717, 1.165) is 16.5 Å². The number of fused-ring (bicyclic) bond motifs is 1. The summed E-state index contributed by atoms with van der Waals surface area (Å²) in [6.45, 7) is 1.94. The van der Waals surface area contributed by atoms with E-state index in [0.29, 0.717) is 25.3 Å². The lowest BCUT2D eigenvalue weighted by atomic mass is 10.3. The Morgan fingerprint density at radius 1 is 1.04 bits per heavy atom. The number of halogens is 1. The minimum Gasteiger partial charge on any atom is -0.408 e. The summed E-state index contributed by atoms with van der Waals surface area (Å²) in [5.41, 5.74) is 1.25. The Morgan fingerprint density at radius 3 is 2.44 bits per heavy atom. The van der Waals surface area contributed by atoms with Crippen molar-refractivity contribution < 1.29 is 22.1 Å². The molecule has 0 saturated carbocycles. The number of nitrogens with one attached hydrogen (secondary N) is 1. The van der Waals surface area contributed by atoms with Crippen LogP contribution in [-0.2, 0) is 16.7 Å². The number of sulfonamides is 1.